The zero-order chi connectivity index (χ0) is 22.6. The van der Waals surface area contributed by atoms with Gasteiger partial charge in [0.15, 0.2) is 0 Å². The molecule has 3 amide bonds. The van der Waals surface area contributed by atoms with Crippen molar-refractivity contribution >= 4 is 34.8 Å². The molecule has 1 fully saturated rings. The summed E-state index contributed by atoms with van der Waals surface area (Å²) < 4.78 is 5.42. The molecule has 2 N–H and O–H groups in total. The van der Waals surface area contributed by atoms with Gasteiger partial charge in [-0.1, -0.05) is 26.8 Å². The summed E-state index contributed by atoms with van der Waals surface area (Å²) in [6, 6.07) is 12.0. The summed E-state index contributed by atoms with van der Waals surface area (Å²) in [6.07, 6.45) is 2.32. The van der Waals surface area contributed by atoms with Gasteiger partial charge in [-0.3, -0.25) is 14.4 Å². The Balaban J connectivity index is 1.79. The molecule has 0 atom stereocenters. The molecule has 2 aromatic carbocycles. The zero-order valence-electron chi connectivity index (χ0n) is 18.5. The number of rotatable bonds is 5. The Labute approximate surface area is 182 Å². The van der Waals surface area contributed by atoms with E-state index in [9.17, 15) is 14.4 Å². The van der Waals surface area contributed by atoms with Gasteiger partial charge in [0, 0.05) is 35.3 Å². The fraction of sp³-hybridized carbons (Fsp3) is 0.375. The van der Waals surface area contributed by atoms with Gasteiger partial charge in [0.2, 0.25) is 11.8 Å². The van der Waals surface area contributed by atoms with E-state index < -0.39 is 5.41 Å². The number of piperidine rings is 1. The quantitative estimate of drug-likeness (QED) is 0.744. The maximum atomic E-state index is 12.8. The molecular formula is C24H29N3O4. The van der Waals surface area contributed by atoms with E-state index in [0.29, 0.717) is 41.3 Å². The van der Waals surface area contributed by atoms with E-state index in [1.165, 1.54) is 0 Å². The van der Waals surface area contributed by atoms with E-state index in [1.807, 2.05) is 20.8 Å². The van der Waals surface area contributed by atoms with E-state index in [-0.39, 0.29) is 17.7 Å². The highest BCUT2D eigenvalue weighted by Crippen LogP contribution is 2.33. The summed E-state index contributed by atoms with van der Waals surface area (Å²) in [5, 5.41) is 5.70. The standard InChI is InChI=1S/C24H29N3O4/c1-24(2,3)23(30)26-17-9-7-8-16(14-17)22(29)25-18-11-12-20(31-4)19(15-18)27-13-6-5-10-21(27)28/h7-9,11-12,14-15H,5-6,10,13H2,1-4H3,(H,25,29)(H,26,30). The van der Waals surface area contributed by atoms with E-state index >= 15 is 0 Å². The molecule has 164 valence electrons. The first-order valence-corrected chi connectivity index (χ1v) is 10.4. The van der Waals surface area contributed by atoms with Gasteiger partial charge in [0.05, 0.1) is 12.8 Å². The molecule has 1 saturated heterocycles. The van der Waals surface area contributed by atoms with Crippen LogP contribution < -0.4 is 20.3 Å². The molecule has 1 heterocycles. The van der Waals surface area contributed by atoms with Crippen LogP contribution in [0, 0.1) is 5.41 Å². The minimum absolute atomic E-state index is 0.0512. The third kappa shape index (κ3) is 5.42. The first-order chi connectivity index (χ1) is 14.7. The maximum Gasteiger partial charge on any atom is 0.255 e. The van der Waals surface area contributed by atoms with Crippen molar-refractivity contribution < 1.29 is 19.1 Å². The van der Waals surface area contributed by atoms with Crippen molar-refractivity contribution in [2.75, 3.05) is 29.2 Å². The van der Waals surface area contributed by atoms with Gasteiger partial charge in [-0.2, -0.15) is 0 Å². The van der Waals surface area contributed by atoms with Gasteiger partial charge in [-0.25, -0.2) is 0 Å². The molecule has 1 aliphatic heterocycles. The Morgan fingerprint density at radius 1 is 1.00 bits per heavy atom. The number of hydrogen-bond acceptors (Lipinski definition) is 4. The molecule has 0 aromatic heterocycles. The van der Waals surface area contributed by atoms with Gasteiger partial charge >= 0.3 is 0 Å². The largest absolute Gasteiger partial charge is 0.495 e. The topological polar surface area (TPSA) is 87.7 Å². The Morgan fingerprint density at radius 2 is 1.74 bits per heavy atom. The number of ether oxygens (including phenoxy) is 1. The monoisotopic (exact) mass is 423 g/mol. The summed E-state index contributed by atoms with van der Waals surface area (Å²) in [7, 11) is 1.56. The van der Waals surface area contributed by atoms with Crippen molar-refractivity contribution in [3.8, 4) is 5.75 Å². The Hall–Kier alpha value is -3.35. The summed E-state index contributed by atoms with van der Waals surface area (Å²) in [5.74, 6) is 0.194. The lowest BCUT2D eigenvalue weighted by Gasteiger charge is -2.28. The van der Waals surface area contributed by atoms with Crippen LogP contribution in [0.25, 0.3) is 0 Å². The third-order valence-electron chi connectivity index (χ3n) is 5.11. The van der Waals surface area contributed by atoms with Crippen LogP contribution in [-0.4, -0.2) is 31.4 Å². The Morgan fingerprint density at radius 3 is 2.42 bits per heavy atom. The first kappa shape index (κ1) is 22.3. The van der Waals surface area contributed by atoms with E-state index in [4.69, 9.17) is 4.74 Å². The molecule has 0 radical (unpaired) electrons. The van der Waals surface area contributed by atoms with Gasteiger partial charge in [-0.05, 0) is 49.2 Å². The van der Waals surface area contributed by atoms with Crippen molar-refractivity contribution in [1.29, 1.82) is 0 Å². The van der Waals surface area contributed by atoms with Crippen LogP contribution in [0.3, 0.4) is 0 Å². The molecule has 0 saturated carbocycles. The number of hydrogen-bond donors (Lipinski definition) is 2. The molecular weight excluding hydrogens is 394 g/mol. The van der Waals surface area contributed by atoms with Crippen molar-refractivity contribution in [3.63, 3.8) is 0 Å². The highest BCUT2D eigenvalue weighted by atomic mass is 16.5. The maximum absolute atomic E-state index is 12.8. The minimum Gasteiger partial charge on any atom is -0.495 e. The normalized spacial score (nSPS) is 14.2. The Kier molecular flexibility index (Phi) is 6.63. The number of carbonyl (C=O) groups excluding carboxylic acids is 3. The van der Waals surface area contributed by atoms with Crippen LogP contribution in [0.2, 0.25) is 0 Å². The molecule has 7 heteroatoms. The molecule has 7 nitrogen and oxygen atoms in total. The summed E-state index contributed by atoms with van der Waals surface area (Å²) >= 11 is 0. The highest BCUT2D eigenvalue weighted by Gasteiger charge is 2.24. The average Bonchev–Trinajstić information content (AvgIpc) is 2.73. The molecule has 1 aliphatic rings. The number of nitrogens with one attached hydrogen (secondary N) is 2. The molecule has 2 aromatic rings. The van der Waals surface area contributed by atoms with Crippen molar-refractivity contribution in [2.45, 2.75) is 40.0 Å². The molecule has 3 rings (SSSR count). The van der Waals surface area contributed by atoms with Gasteiger partial charge in [0.25, 0.3) is 5.91 Å². The lowest BCUT2D eigenvalue weighted by Crippen LogP contribution is -2.35. The fourth-order valence-electron chi connectivity index (χ4n) is 3.30. The SMILES string of the molecule is COc1ccc(NC(=O)c2cccc(NC(=O)C(C)(C)C)c2)cc1N1CCCCC1=O. The average molecular weight is 424 g/mol. The third-order valence-corrected chi connectivity index (χ3v) is 5.11. The lowest BCUT2D eigenvalue weighted by molar-refractivity contribution is -0.123. The van der Waals surface area contributed by atoms with Crippen molar-refractivity contribution in [1.82, 2.24) is 0 Å². The predicted molar refractivity (Wildman–Crippen MR) is 122 cm³/mol. The van der Waals surface area contributed by atoms with Gasteiger partial charge < -0.3 is 20.3 Å². The van der Waals surface area contributed by atoms with E-state index in [1.54, 1.807) is 54.5 Å². The van der Waals surface area contributed by atoms with Gasteiger partial charge in [-0.15, -0.1) is 0 Å². The van der Waals surface area contributed by atoms with Crippen LogP contribution in [0.1, 0.15) is 50.4 Å². The lowest BCUT2D eigenvalue weighted by atomic mass is 9.95. The number of nitrogens with zero attached hydrogens (tertiary/aromatic N) is 1. The Bertz CT molecular complexity index is 995. The zero-order valence-corrected chi connectivity index (χ0v) is 18.5. The van der Waals surface area contributed by atoms with Crippen LogP contribution in [-0.2, 0) is 9.59 Å². The van der Waals surface area contributed by atoms with Crippen LogP contribution >= 0.6 is 0 Å². The number of anilines is 3. The predicted octanol–water partition coefficient (Wildman–Crippen LogP) is 4.45. The van der Waals surface area contributed by atoms with E-state index in [2.05, 4.69) is 10.6 Å². The summed E-state index contributed by atoms with van der Waals surface area (Å²) in [4.78, 5) is 39.1. The minimum atomic E-state index is -0.538. The molecule has 0 aliphatic carbocycles. The second kappa shape index (κ2) is 9.20. The smallest absolute Gasteiger partial charge is 0.255 e. The van der Waals surface area contributed by atoms with Crippen LogP contribution in [0.4, 0.5) is 17.1 Å². The highest BCUT2D eigenvalue weighted by molar-refractivity contribution is 6.06. The second-order valence-electron chi connectivity index (χ2n) is 8.63. The van der Waals surface area contributed by atoms with E-state index in [0.717, 1.165) is 12.8 Å². The first-order valence-electron chi connectivity index (χ1n) is 10.4. The number of methoxy groups -OCH3 is 1. The van der Waals surface area contributed by atoms with Crippen LogP contribution in [0.5, 0.6) is 5.75 Å². The number of amides is 3. The van der Waals surface area contributed by atoms with Crippen molar-refractivity contribution in [3.05, 3.63) is 48.0 Å². The van der Waals surface area contributed by atoms with Crippen molar-refractivity contribution in [2.24, 2.45) is 5.41 Å². The molecule has 0 unspecified atom stereocenters. The van der Waals surface area contributed by atoms with Crippen LogP contribution in [0.15, 0.2) is 42.5 Å². The number of carbonyl (C=O) groups is 3. The summed E-state index contributed by atoms with van der Waals surface area (Å²) in [6.45, 7) is 6.11. The molecule has 0 bridgehead atoms. The number of benzene rings is 2. The summed E-state index contributed by atoms with van der Waals surface area (Å²) in [5.41, 5.74) is 1.64. The van der Waals surface area contributed by atoms with Gasteiger partial charge in [0.1, 0.15) is 5.75 Å². The fourth-order valence-corrected chi connectivity index (χ4v) is 3.30. The molecule has 31 heavy (non-hydrogen) atoms. The second-order valence-corrected chi connectivity index (χ2v) is 8.63. The molecule has 0 spiro atoms.